The summed E-state index contributed by atoms with van der Waals surface area (Å²) in [6, 6.07) is 0. The van der Waals surface area contributed by atoms with Gasteiger partial charge < -0.3 is 0 Å². The van der Waals surface area contributed by atoms with Gasteiger partial charge in [-0.2, -0.15) is 11.8 Å². The first kappa shape index (κ1) is 9.91. The summed E-state index contributed by atoms with van der Waals surface area (Å²) < 4.78 is 0. The Bertz CT molecular complexity index is 105. The fourth-order valence-electron chi connectivity index (χ4n) is 1.72. The first-order valence-corrected chi connectivity index (χ1v) is 6.89. The van der Waals surface area contributed by atoms with E-state index in [1.54, 1.807) is 0 Å². The smallest absolute Gasteiger partial charge is 0.00879 e. The molecule has 0 heterocycles. The van der Waals surface area contributed by atoms with Gasteiger partial charge in [-0.05, 0) is 43.1 Å². The summed E-state index contributed by atoms with van der Waals surface area (Å²) in [6.07, 6.45) is 9.44. The van der Waals surface area contributed by atoms with Gasteiger partial charge in [0.05, 0.1) is 0 Å². The Balaban J connectivity index is 2.11. The highest BCUT2D eigenvalue weighted by molar-refractivity contribution is 9.09. The van der Waals surface area contributed by atoms with E-state index in [2.05, 4.69) is 22.2 Å². The second-order valence-corrected chi connectivity index (χ2v) is 5.13. The van der Waals surface area contributed by atoms with E-state index >= 15 is 0 Å². The normalized spacial score (nSPS) is 21.3. The monoisotopic (exact) mass is 236 g/mol. The topological polar surface area (TPSA) is 0 Å². The fraction of sp³-hybridized carbons (Fsp3) is 1.00. The molecule has 0 nitrogen and oxygen atoms in total. The second-order valence-electron chi connectivity index (χ2n) is 3.58. The molecule has 0 aromatic carbocycles. The van der Waals surface area contributed by atoms with Gasteiger partial charge in [0.1, 0.15) is 0 Å². The number of hydrogen-bond donors (Lipinski definition) is 0. The number of rotatable bonds is 5. The Morgan fingerprint density at radius 2 is 2.18 bits per heavy atom. The lowest BCUT2D eigenvalue weighted by Gasteiger charge is -2.40. The molecule has 1 rings (SSSR count). The summed E-state index contributed by atoms with van der Waals surface area (Å²) in [4.78, 5) is 0. The van der Waals surface area contributed by atoms with Crippen LogP contribution in [-0.4, -0.2) is 17.3 Å². The third-order valence-electron chi connectivity index (χ3n) is 2.75. The van der Waals surface area contributed by atoms with E-state index in [0.29, 0.717) is 0 Å². The van der Waals surface area contributed by atoms with Gasteiger partial charge in [-0.3, -0.25) is 0 Å². The standard InChI is InChI=1S/C9H17BrS/c1-11-7-3-6-9(8-10)4-2-5-9/h2-8H2,1H3. The highest BCUT2D eigenvalue weighted by atomic mass is 79.9. The van der Waals surface area contributed by atoms with E-state index < -0.39 is 0 Å². The Hall–Kier alpha value is 0.830. The van der Waals surface area contributed by atoms with Crippen LogP contribution in [0.1, 0.15) is 32.1 Å². The molecule has 0 amide bonds. The Kier molecular flexibility index (Phi) is 4.29. The second kappa shape index (κ2) is 4.76. The third kappa shape index (κ3) is 2.66. The molecule has 0 aromatic heterocycles. The van der Waals surface area contributed by atoms with Gasteiger partial charge in [-0.15, -0.1) is 0 Å². The van der Waals surface area contributed by atoms with E-state index in [1.807, 2.05) is 11.8 Å². The molecule has 0 saturated heterocycles. The van der Waals surface area contributed by atoms with Gasteiger partial charge >= 0.3 is 0 Å². The fourth-order valence-corrected chi connectivity index (χ4v) is 2.99. The van der Waals surface area contributed by atoms with Crippen molar-refractivity contribution in [3.63, 3.8) is 0 Å². The number of alkyl halides is 1. The van der Waals surface area contributed by atoms with Crippen molar-refractivity contribution in [3.8, 4) is 0 Å². The molecule has 0 aliphatic heterocycles. The van der Waals surface area contributed by atoms with Crippen LogP contribution < -0.4 is 0 Å². The van der Waals surface area contributed by atoms with E-state index in [0.717, 1.165) is 5.41 Å². The maximum Gasteiger partial charge on any atom is 0.00879 e. The van der Waals surface area contributed by atoms with Crippen LogP contribution in [0.4, 0.5) is 0 Å². The largest absolute Gasteiger partial charge is 0.165 e. The highest BCUT2D eigenvalue weighted by Gasteiger charge is 2.34. The highest BCUT2D eigenvalue weighted by Crippen LogP contribution is 2.46. The lowest BCUT2D eigenvalue weighted by atomic mass is 9.68. The Morgan fingerprint density at radius 3 is 2.55 bits per heavy atom. The molecule has 11 heavy (non-hydrogen) atoms. The minimum Gasteiger partial charge on any atom is -0.165 e. The van der Waals surface area contributed by atoms with Crippen molar-refractivity contribution < 1.29 is 0 Å². The summed E-state index contributed by atoms with van der Waals surface area (Å²) in [5, 5.41) is 1.23. The first-order valence-electron chi connectivity index (χ1n) is 4.38. The van der Waals surface area contributed by atoms with Crippen LogP contribution in [-0.2, 0) is 0 Å². The van der Waals surface area contributed by atoms with Crippen LogP contribution in [0, 0.1) is 5.41 Å². The SMILES string of the molecule is CSCCCC1(CBr)CCC1. The Morgan fingerprint density at radius 1 is 1.45 bits per heavy atom. The lowest BCUT2D eigenvalue weighted by Crippen LogP contribution is -2.30. The molecule has 0 bridgehead atoms. The summed E-state index contributed by atoms with van der Waals surface area (Å²) in [7, 11) is 0. The van der Waals surface area contributed by atoms with E-state index in [4.69, 9.17) is 0 Å². The molecule has 0 N–H and O–H groups in total. The predicted molar refractivity (Wildman–Crippen MR) is 57.7 cm³/mol. The molecular weight excluding hydrogens is 220 g/mol. The number of thioether (sulfide) groups is 1. The quantitative estimate of drug-likeness (QED) is 0.519. The molecule has 1 saturated carbocycles. The minimum absolute atomic E-state index is 0.718. The average Bonchev–Trinajstić information content (AvgIpc) is 1.95. The number of halogens is 1. The van der Waals surface area contributed by atoms with Gasteiger partial charge in [0.2, 0.25) is 0 Å². The molecule has 2 heteroatoms. The molecule has 0 aromatic rings. The van der Waals surface area contributed by atoms with E-state index in [1.165, 1.54) is 43.2 Å². The van der Waals surface area contributed by atoms with Crippen LogP contribution in [0.15, 0.2) is 0 Å². The van der Waals surface area contributed by atoms with Gasteiger partial charge in [-0.25, -0.2) is 0 Å². The van der Waals surface area contributed by atoms with Crippen LogP contribution in [0.3, 0.4) is 0 Å². The Labute approximate surface area is 82.6 Å². The van der Waals surface area contributed by atoms with Crippen LogP contribution in [0.2, 0.25) is 0 Å². The maximum absolute atomic E-state index is 3.63. The zero-order valence-corrected chi connectivity index (χ0v) is 9.64. The molecule has 1 fully saturated rings. The van der Waals surface area contributed by atoms with Crippen molar-refractivity contribution in [1.82, 2.24) is 0 Å². The molecular formula is C9H17BrS. The van der Waals surface area contributed by atoms with Crippen molar-refractivity contribution in [3.05, 3.63) is 0 Å². The van der Waals surface area contributed by atoms with E-state index in [-0.39, 0.29) is 0 Å². The average molecular weight is 237 g/mol. The van der Waals surface area contributed by atoms with Crippen molar-refractivity contribution in [2.24, 2.45) is 5.41 Å². The van der Waals surface area contributed by atoms with Crippen molar-refractivity contribution in [2.45, 2.75) is 32.1 Å². The summed E-state index contributed by atoms with van der Waals surface area (Å²) in [5.74, 6) is 1.34. The van der Waals surface area contributed by atoms with Gasteiger partial charge in [0.25, 0.3) is 0 Å². The summed E-state index contributed by atoms with van der Waals surface area (Å²) in [6.45, 7) is 0. The minimum atomic E-state index is 0.718. The van der Waals surface area contributed by atoms with Crippen molar-refractivity contribution in [2.75, 3.05) is 17.3 Å². The maximum atomic E-state index is 3.63. The molecule has 1 aliphatic carbocycles. The van der Waals surface area contributed by atoms with Crippen LogP contribution >= 0.6 is 27.7 Å². The zero-order valence-electron chi connectivity index (χ0n) is 7.24. The van der Waals surface area contributed by atoms with Gasteiger partial charge in [0, 0.05) is 5.33 Å². The predicted octanol–water partition coefficient (Wildman–Crippen LogP) is 3.69. The van der Waals surface area contributed by atoms with E-state index in [9.17, 15) is 0 Å². The molecule has 0 spiro atoms. The van der Waals surface area contributed by atoms with Gasteiger partial charge in [0.15, 0.2) is 0 Å². The molecule has 0 radical (unpaired) electrons. The third-order valence-corrected chi connectivity index (χ3v) is 4.64. The molecule has 0 unspecified atom stereocenters. The van der Waals surface area contributed by atoms with Crippen LogP contribution in [0.25, 0.3) is 0 Å². The molecule has 0 atom stereocenters. The number of hydrogen-bond acceptors (Lipinski definition) is 1. The van der Waals surface area contributed by atoms with Crippen molar-refractivity contribution >= 4 is 27.7 Å². The van der Waals surface area contributed by atoms with Crippen LogP contribution in [0.5, 0.6) is 0 Å². The first-order chi connectivity index (χ1) is 5.33. The summed E-state index contributed by atoms with van der Waals surface area (Å²) in [5.41, 5.74) is 0.718. The zero-order chi connectivity index (χ0) is 8.16. The summed E-state index contributed by atoms with van der Waals surface area (Å²) >= 11 is 5.60. The lowest BCUT2D eigenvalue weighted by molar-refractivity contribution is 0.154. The van der Waals surface area contributed by atoms with Crippen molar-refractivity contribution in [1.29, 1.82) is 0 Å². The molecule has 66 valence electrons. The van der Waals surface area contributed by atoms with Gasteiger partial charge in [-0.1, -0.05) is 22.4 Å². The molecule has 1 aliphatic rings.